The Kier molecular flexibility index (Phi) is 31.9. The molecule has 0 spiro atoms. The van der Waals surface area contributed by atoms with E-state index in [2.05, 4.69) is 18.7 Å². The quantitative estimate of drug-likeness (QED) is 0.0352. The Labute approximate surface area is 353 Å². The first kappa shape index (κ1) is 51.2. The van der Waals surface area contributed by atoms with Crippen LogP contribution in [0, 0.1) is 11.8 Å². The van der Waals surface area contributed by atoms with Crippen molar-refractivity contribution in [2.24, 2.45) is 11.8 Å². The molecule has 0 radical (unpaired) electrons. The first-order valence-electron chi connectivity index (χ1n) is 23.7. The van der Waals surface area contributed by atoms with Crippen molar-refractivity contribution in [1.29, 1.82) is 0 Å². The van der Waals surface area contributed by atoms with Gasteiger partial charge in [-0.15, -0.1) is 0 Å². The van der Waals surface area contributed by atoms with Crippen LogP contribution in [0.25, 0.3) is 0 Å². The summed E-state index contributed by atoms with van der Waals surface area (Å²) in [6.07, 6.45) is 32.6. The Morgan fingerprint density at radius 3 is 1.36 bits per heavy atom. The van der Waals surface area contributed by atoms with Gasteiger partial charge >= 0.3 is 17.9 Å². The first-order valence-corrected chi connectivity index (χ1v) is 26.0. The van der Waals surface area contributed by atoms with Gasteiger partial charge in [0.15, 0.2) is 0 Å². The molecule has 0 amide bonds. The topological polar surface area (TPSA) is 82.1 Å². The monoisotopic (exact) mass is 826 g/mol. The van der Waals surface area contributed by atoms with E-state index in [0.717, 1.165) is 139 Å². The van der Waals surface area contributed by atoms with Crippen LogP contribution in [-0.2, 0) is 28.6 Å². The molecule has 0 heterocycles. The maximum absolute atomic E-state index is 12.7. The number of esters is 3. The summed E-state index contributed by atoms with van der Waals surface area (Å²) in [7, 11) is 4.08. The number of carbonyl (C=O) groups excluding carboxylic acids is 3. The molecule has 0 aromatic carbocycles. The maximum atomic E-state index is 12.7. The number of thioether (sulfide) groups is 2. The van der Waals surface area contributed by atoms with Crippen LogP contribution in [-0.4, -0.2) is 84.8 Å². The Balaban J connectivity index is 1.66. The van der Waals surface area contributed by atoms with E-state index in [-0.39, 0.29) is 36.2 Å². The molecule has 0 saturated heterocycles. The van der Waals surface area contributed by atoms with Gasteiger partial charge in [-0.1, -0.05) is 117 Å². The molecule has 2 saturated carbocycles. The van der Waals surface area contributed by atoms with Gasteiger partial charge in [0.05, 0.1) is 0 Å². The van der Waals surface area contributed by atoms with E-state index >= 15 is 0 Å². The van der Waals surface area contributed by atoms with Crippen LogP contribution in [0.5, 0.6) is 0 Å². The van der Waals surface area contributed by atoms with E-state index in [4.69, 9.17) is 14.2 Å². The summed E-state index contributed by atoms with van der Waals surface area (Å²) < 4.78 is 18.0. The minimum atomic E-state index is -0.0548. The van der Waals surface area contributed by atoms with E-state index in [0.29, 0.717) is 31.1 Å². The molecule has 2 aliphatic carbocycles. The molecule has 2 unspecified atom stereocenters. The van der Waals surface area contributed by atoms with Crippen LogP contribution >= 0.6 is 23.5 Å². The van der Waals surface area contributed by atoms with Crippen LogP contribution in [0.2, 0.25) is 0 Å². The highest BCUT2D eigenvalue weighted by Gasteiger charge is 2.20. The van der Waals surface area contributed by atoms with Crippen molar-refractivity contribution in [3.05, 3.63) is 0 Å². The highest BCUT2D eigenvalue weighted by molar-refractivity contribution is 7.99. The Bertz CT molecular complexity index is 908. The van der Waals surface area contributed by atoms with E-state index < -0.39 is 0 Å². The lowest BCUT2D eigenvalue weighted by Crippen LogP contribution is -2.22. The third-order valence-corrected chi connectivity index (χ3v) is 14.2. The van der Waals surface area contributed by atoms with E-state index in [1.54, 1.807) is 0 Å². The maximum Gasteiger partial charge on any atom is 0.306 e. The van der Waals surface area contributed by atoms with Crippen LogP contribution in [0.4, 0.5) is 0 Å². The average molecular weight is 826 g/mol. The number of rotatable bonds is 35. The minimum absolute atomic E-state index is 0.0000515. The largest absolute Gasteiger partial charge is 0.462 e. The molecule has 0 aliphatic heterocycles. The average Bonchev–Trinajstić information content (AvgIpc) is 3.19. The van der Waals surface area contributed by atoms with Crippen LogP contribution < -0.4 is 0 Å². The molecule has 2 rings (SSSR count). The van der Waals surface area contributed by atoms with Crippen molar-refractivity contribution in [2.45, 2.75) is 225 Å². The predicted octanol–water partition coefficient (Wildman–Crippen LogP) is 12.8. The van der Waals surface area contributed by atoms with E-state index in [1.807, 2.05) is 37.6 Å². The van der Waals surface area contributed by atoms with E-state index in [1.165, 1.54) is 64.2 Å². The molecule has 9 heteroatoms. The second-order valence-electron chi connectivity index (χ2n) is 17.5. The lowest BCUT2D eigenvalue weighted by Gasteiger charge is -2.22. The zero-order chi connectivity index (χ0) is 40.5. The molecule has 56 heavy (non-hydrogen) atoms. The number of hydrogen-bond acceptors (Lipinski definition) is 9. The zero-order valence-corrected chi connectivity index (χ0v) is 38.5. The molecule has 2 fully saturated rings. The Morgan fingerprint density at radius 2 is 0.929 bits per heavy atom. The van der Waals surface area contributed by atoms with Crippen LogP contribution in [0.1, 0.15) is 206 Å². The zero-order valence-electron chi connectivity index (χ0n) is 36.8. The second kappa shape index (κ2) is 34.9. The SMILES string of the molecule is CCCCC(CSCCCCCC(CCCCCSCC(CCCC)OC(=O)CCC1CCCCC1)OC(=O)CCCN(C)C)OC(=O)CCC1CCCCC1. The lowest BCUT2D eigenvalue weighted by atomic mass is 9.86. The molecular formula is C47H87NO6S2. The fourth-order valence-electron chi connectivity index (χ4n) is 8.28. The van der Waals surface area contributed by atoms with Gasteiger partial charge in [-0.2, -0.15) is 23.5 Å². The number of unbranched alkanes of at least 4 members (excludes halogenated alkanes) is 6. The molecule has 2 atom stereocenters. The van der Waals surface area contributed by atoms with Crippen molar-refractivity contribution >= 4 is 41.4 Å². The summed E-state index contributed by atoms with van der Waals surface area (Å²) in [5.74, 6) is 5.33. The van der Waals surface area contributed by atoms with Gasteiger partial charge in [0.25, 0.3) is 0 Å². The summed E-state index contributed by atoms with van der Waals surface area (Å²) in [4.78, 5) is 40.2. The van der Waals surface area contributed by atoms with Crippen LogP contribution in [0.3, 0.4) is 0 Å². The molecule has 0 N–H and O–H groups in total. The fraction of sp³-hybridized carbons (Fsp3) is 0.936. The summed E-state index contributed by atoms with van der Waals surface area (Å²) >= 11 is 3.85. The second-order valence-corrected chi connectivity index (χ2v) is 19.8. The molecule has 0 bridgehead atoms. The Morgan fingerprint density at radius 1 is 0.518 bits per heavy atom. The van der Waals surface area contributed by atoms with Crippen molar-refractivity contribution in [1.82, 2.24) is 4.90 Å². The van der Waals surface area contributed by atoms with Gasteiger partial charge in [0, 0.05) is 30.8 Å². The number of nitrogens with zero attached hydrogens (tertiary/aromatic N) is 1. The smallest absolute Gasteiger partial charge is 0.306 e. The predicted molar refractivity (Wildman–Crippen MR) is 240 cm³/mol. The summed E-state index contributed by atoms with van der Waals surface area (Å²) in [5.41, 5.74) is 0. The number of hydrogen-bond donors (Lipinski definition) is 0. The first-order chi connectivity index (χ1) is 27.3. The molecule has 7 nitrogen and oxygen atoms in total. The standard InChI is InChI=1S/C47H87NO6S2/c1-5-7-26-43(53-46(50)33-31-40-22-13-9-14-23-40)38-55-36-19-11-17-28-42(52-45(49)30-21-35-48(3)4)29-18-12-20-37-56-39-44(27-8-6-2)54-47(51)34-32-41-24-15-10-16-25-41/h40-44H,5-39H2,1-4H3. The summed E-state index contributed by atoms with van der Waals surface area (Å²) in [6, 6.07) is 0. The van der Waals surface area contributed by atoms with Gasteiger partial charge in [-0.05, 0) is 115 Å². The molecule has 2 aliphatic rings. The van der Waals surface area contributed by atoms with Gasteiger partial charge in [0.1, 0.15) is 18.3 Å². The highest BCUT2D eigenvalue weighted by atomic mass is 32.2. The molecule has 328 valence electrons. The summed E-state index contributed by atoms with van der Waals surface area (Å²) in [6.45, 7) is 5.30. The number of ether oxygens (including phenoxy) is 3. The normalized spacial score (nSPS) is 17.1. The minimum Gasteiger partial charge on any atom is -0.462 e. The van der Waals surface area contributed by atoms with Gasteiger partial charge in [-0.25, -0.2) is 0 Å². The third kappa shape index (κ3) is 28.5. The van der Waals surface area contributed by atoms with E-state index in [9.17, 15) is 14.4 Å². The van der Waals surface area contributed by atoms with Crippen molar-refractivity contribution in [2.75, 3.05) is 43.7 Å². The number of carbonyl (C=O) groups is 3. The van der Waals surface area contributed by atoms with Gasteiger partial charge in [0.2, 0.25) is 0 Å². The Hall–Kier alpha value is -0.930. The fourth-order valence-corrected chi connectivity index (χ4v) is 10.4. The molecule has 0 aromatic heterocycles. The van der Waals surface area contributed by atoms with Crippen molar-refractivity contribution in [3.8, 4) is 0 Å². The van der Waals surface area contributed by atoms with Gasteiger partial charge < -0.3 is 19.1 Å². The van der Waals surface area contributed by atoms with Crippen molar-refractivity contribution < 1.29 is 28.6 Å². The van der Waals surface area contributed by atoms with Crippen LogP contribution in [0.15, 0.2) is 0 Å². The van der Waals surface area contributed by atoms with Crippen molar-refractivity contribution in [3.63, 3.8) is 0 Å². The third-order valence-electron chi connectivity index (χ3n) is 11.8. The lowest BCUT2D eigenvalue weighted by molar-refractivity contribution is -0.150. The van der Waals surface area contributed by atoms with Gasteiger partial charge in [-0.3, -0.25) is 14.4 Å². The molecule has 0 aromatic rings. The highest BCUT2D eigenvalue weighted by Crippen LogP contribution is 2.29. The molecular weight excluding hydrogens is 739 g/mol. The summed E-state index contributed by atoms with van der Waals surface area (Å²) in [5, 5.41) is 0.